The van der Waals surface area contributed by atoms with Gasteiger partial charge in [-0.1, -0.05) is 86.1 Å². The van der Waals surface area contributed by atoms with Gasteiger partial charge in [-0.05, 0) is 88.7 Å². The van der Waals surface area contributed by atoms with Crippen LogP contribution in [0.15, 0.2) is 112 Å². The summed E-state index contributed by atoms with van der Waals surface area (Å²) in [5.41, 5.74) is 13.9. The first-order chi connectivity index (χ1) is 29.4. The second-order valence-electron chi connectivity index (χ2n) is 14.0. The molecule has 0 saturated carbocycles. The molecule has 0 unspecified atom stereocenters. The summed E-state index contributed by atoms with van der Waals surface area (Å²) in [7, 11) is 1.31. The molecule has 1 fully saturated rings. The number of hydrogen-bond donors (Lipinski definition) is 2. The fourth-order valence-corrected chi connectivity index (χ4v) is 12.1. The number of likely N-dealkylation sites (tertiary alicyclic amines) is 1. The zero-order valence-electron chi connectivity index (χ0n) is 33.1. The quantitative estimate of drug-likeness (QED) is 0.0570. The van der Waals surface area contributed by atoms with Crippen LogP contribution in [0.5, 0.6) is 0 Å². The molecular weight excluding hydrogens is 847 g/mol. The van der Waals surface area contributed by atoms with Crippen LogP contribution in [0.25, 0.3) is 63.8 Å². The maximum absolute atomic E-state index is 13.2. The van der Waals surface area contributed by atoms with E-state index in [1.165, 1.54) is 24.9 Å². The molecule has 2 aromatic carbocycles. The van der Waals surface area contributed by atoms with Crippen molar-refractivity contribution in [3.8, 4) is 43.4 Å². The summed E-state index contributed by atoms with van der Waals surface area (Å²) in [6.07, 6.45) is 4.87. The fourth-order valence-electron chi connectivity index (χ4n) is 7.11. The van der Waals surface area contributed by atoms with E-state index >= 15 is 0 Å². The summed E-state index contributed by atoms with van der Waals surface area (Å²) in [6, 6.07) is 32.8. The highest BCUT2D eigenvalue weighted by Gasteiger charge is 2.26. The number of benzene rings is 2. The highest BCUT2D eigenvalue weighted by Crippen LogP contribution is 2.47. The molecule has 1 saturated heterocycles. The zero-order chi connectivity index (χ0) is 41.4. The molecule has 7 heterocycles. The highest BCUT2D eigenvalue weighted by atomic mass is 32.2. The molecule has 1 aliphatic rings. The first-order valence-corrected chi connectivity index (χ1v) is 24.1. The van der Waals surface area contributed by atoms with Crippen molar-refractivity contribution in [1.82, 2.24) is 14.9 Å². The minimum absolute atomic E-state index is 0.0434. The molecule has 3 N–H and O–H groups in total. The van der Waals surface area contributed by atoms with Crippen LogP contribution in [0.1, 0.15) is 48.7 Å². The van der Waals surface area contributed by atoms with Gasteiger partial charge in [-0.15, -0.1) is 57.1 Å². The Kier molecular flexibility index (Phi) is 13.6. The molecule has 1 aliphatic heterocycles. The largest absolute Gasteiger partial charge is 0.443 e. The summed E-state index contributed by atoms with van der Waals surface area (Å²) < 4.78 is 1.02. The molecular formula is C46H43N5O4S5. The van der Waals surface area contributed by atoms with Crippen LogP contribution in [-0.4, -0.2) is 52.8 Å². The number of thiophene rings is 4. The van der Waals surface area contributed by atoms with Crippen LogP contribution >= 0.6 is 57.1 Å². The number of thioether (sulfide) groups is 1. The number of hydrogen-bond acceptors (Lipinski definition) is 12. The van der Waals surface area contributed by atoms with E-state index in [1.54, 1.807) is 45.8 Å². The van der Waals surface area contributed by atoms with E-state index in [1.807, 2.05) is 53.4 Å². The number of nitrogen functional groups attached to an aromatic ring is 1. The standard InChI is InChI=1S/C23H21N3OS2.C23H22N2O3S3/c24-20-19-16(15-8-3-1-4-9-15)14-17(18-10-7-13-28-18)25-22(19)29-21(20)23(27)26-11-5-2-6-12-26;1-3-4-12-30-22-20(25-23(26)28-27-2)19-16(15-9-6-5-7-10-15)14-17(24-21(19)31-22)18-11-8-13-29-18/h1,3-4,7-10,13-14H,2,5-6,11-12,24H2;5-11,13-14H,3-4,12H2,1-2H3,(H,25,26). The van der Waals surface area contributed by atoms with Crippen molar-refractivity contribution < 1.29 is 19.4 Å². The normalized spacial score (nSPS) is 12.7. The van der Waals surface area contributed by atoms with Crippen LogP contribution < -0.4 is 11.1 Å². The van der Waals surface area contributed by atoms with Gasteiger partial charge in [0.1, 0.15) is 14.5 Å². The van der Waals surface area contributed by atoms with Crippen molar-refractivity contribution in [2.45, 2.75) is 43.2 Å². The molecule has 8 aromatic rings. The molecule has 6 aromatic heterocycles. The lowest BCUT2D eigenvalue weighted by molar-refractivity contribution is -0.208. The van der Waals surface area contributed by atoms with Gasteiger partial charge in [0, 0.05) is 23.9 Å². The van der Waals surface area contributed by atoms with Gasteiger partial charge in [0.2, 0.25) is 0 Å². The van der Waals surface area contributed by atoms with E-state index in [-0.39, 0.29) is 5.91 Å². The molecule has 9 rings (SSSR count). The lowest BCUT2D eigenvalue weighted by Crippen LogP contribution is -2.35. The van der Waals surface area contributed by atoms with E-state index < -0.39 is 6.09 Å². The van der Waals surface area contributed by atoms with Crippen molar-refractivity contribution in [2.24, 2.45) is 0 Å². The number of aromatic nitrogens is 2. The van der Waals surface area contributed by atoms with Crippen LogP contribution in [0, 0.1) is 0 Å². The Bertz CT molecular complexity index is 2690. The minimum atomic E-state index is -0.652. The predicted molar refractivity (Wildman–Crippen MR) is 254 cm³/mol. The number of fused-ring (bicyclic) bond motifs is 2. The molecule has 306 valence electrons. The molecule has 9 nitrogen and oxygen atoms in total. The SMILES string of the molecule is CCCCSc1sc2nc(-c3cccs3)cc(-c3ccccc3)c2c1NC(=O)OOC.Nc1c(C(=O)N2CCCCC2)sc2nc(-c3cccs3)cc(-c3ccccc3)c12. The molecule has 60 heavy (non-hydrogen) atoms. The molecule has 0 radical (unpaired) electrons. The van der Waals surface area contributed by atoms with Crippen molar-refractivity contribution in [3.05, 3.63) is 113 Å². The van der Waals surface area contributed by atoms with Crippen LogP contribution in [0.4, 0.5) is 16.2 Å². The Morgan fingerprint density at radius 2 is 1.37 bits per heavy atom. The van der Waals surface area contributed by atoms with E-state index in [0.717, 1.165) is 118 Å². The van der Waals surface area contributed by atoms with Crippen LogP contribution in [0.2, 0.25) is 0 Å². The van der Waals surface area contributed by atoms with Gasteiger partial charge < -0.3 is 10.6 Å². The van der Waals surface area contributed by atoms with Gasteiger partial charge in [-0.2, -0.15) is 4.89 Å². The Hall–Kier alpha value is -5.09. The maximum atomic E-state index is 13.2. The Morgan fingerprint density at radius 1 is 0.783 bits per heavy atom. The van der Waals surface area contributed by atoms with Crippen molar-refractivity contribution in [3.63, 3.8) is 0 Å². The van der Waals surface area contributed by atoms with E-state index in [2.05, 4.69) is 76.4 Å². The zero-order valence-corrected chi connectivity index (χ0v) is 37.2. The number of nitrogens with zero attached hydrogens (tertiary/aromatic N) is 3. The minimum Gasteiger partial charge on any atom is -0.397 e. The third-order valence-electron chi connectivity index (χ3n) is 10.0. The second kappa shape index (κ2) is 19.5. The summed E-state index contributed by atoms with van der Waals surface area (Å²) in [5, 5.41) is 8.81. The van der Waals surface area contributed by atoms with E-state index in [0.29, 0.717) is 10.6 Å². The number of carbonyl (C=O) groups excluding carboxylic acids is 2. The number of rotatable bonds is 11. The monoisotopic (exact) mass is 889 g/mol. The van der Waals surface area contributed by atoms with E-state index in [9.17, 15) is 9.59 Å². The number of unbranched alkanes of at least 4 members (excludes halogenated alkanes) is 1. The van der Waals surface area contributed by atoms with Gasteiger partial charge in [0.25, 0.3) is 5.91 Å². The lowest BCUT2D eigenvalue weighted by Gasteiger charge is -2.26. The molecule has 0 bridgehead atoms. The Balaban J connectivity index is 0.000000167. The van der Waals surface area contributed by atoms with Crippen molar-refractivity contribution >= 4 is 101 Å². The molecule has 2 amide bonds. The van der Waals surface area contributed by atoms with E-state index in [4.69, 9.17) is 20.6 Å². The maximum Gasteiger partial charge on any atom is 0.443 e. The first-order valence-electron chi connectivity index (χ1n) is 19.8. The number of pyridine rings is 2. The molecule has 0 aliphatic carbocycles. The van der Waals surface area contributed by atoms with Gasteiger partial charge in [0.15, 0.2) is 0 Å². The Labute approximate surface area is 369 Å². The third-order valence-corrected chi connectivity index (χ3v) is 15.3. The summed E-state index contributed by atoms with van der Waals surface area (Å²) in [6.45, 7) is 3.79. The van der Waals surface area contributed by atoms with Crippen molar-refractivity contribution in [1.29, 1.82) is 0 Å². The third kappa shape index (κ3) is 9.14. The average molecular weight is 890 g/mol. The van der Waals surface area contributed by atoms with Gasteiger partial charge in [-0.25, -0.2) is 14.8 Å². The van der Waals surface area contributed by atoms with Crippen LogP contribution in [0.3, 0.4) is 0 Å². The molecule has 0 spiro atoms. The number of carbonyl (C=O) groups is 2. The molecule has 0 atom stereocenters. The lowest BCUT2D eigenvalue weighted by atomic mass is 10.0. The smallest absolute Gasteiger partial charge is 0.397 e. The predicted octanol–water partition coefficient (Wildman–Crippen LogP) is 13.6. The summed E-state index contributed by atoms with van der Waals surface area (Å²) in [4.78, 5) is 51.0. The van der Waals surface area contributed by atoms with Crippen molar-refractivity contribution in [2.75, 3.05) is 37.0 Å². The van der Waals surface area contributed by atoms with Gasteiger partial charge in [0.05, 0.1) is 43.8 Å². The second-order valence-corrected chi connectivity index (χ2v) is 19.2. The summed E-state index contributed by atoms with van der Waals surface area (Å²) >= 11 is 8.09. The number of anilines is 2. The van der Waals surface area contributed by atoms with Gasteiger partial charge in [-0.3, -0.25) is 15.0 Å². The Morgan fingerprint density at radius 3 is 1.92 bits per heavy atom. The number of amides is 2. The number of nitrogens with two attached hydrogens (primary N) is 1. The number of nitrogens with one attached hydrogen (secondary N) is 1. The first kappa shape index (κ1) is 41.6. The summed E-state index contributed by atoms with van der Waals surface area (Å²) in [5.74, 6) is 1.01. The number of piperidine rings is 1. The topological polar surface area (TPSA) is 120 Å². The fraction of sp³-hybridized carbons (Fsp3) is 0.217. The highest BCUT2D eigenvalue weighted by molar-refractivity contribution is 8.01. The van der Waals surface area contributed by atoms with Gasteiger partial charge >= 0.3 is 6.09 Å². The average Bonchev–Trinajstić information content (AvgIpc) is 4.13. The molecule has 14 heteroatoms. The van der Waals surface area contributed by atoms with Crippen LogP contribution in [-0.2, 0) is 9.78 Å².